The number of nitrogens with one attached hydrogen (secondary N) is 1. The van der Waals surface area contributed by atoms with Crippen molar-refractivity contribution in [3.8, 4) is 0 Å². The van der Waals surface area contributed by atoms with E-state index in [1.165, 1.54) is 0 Å². The molecule has 1 fully saturated rings. The van der Waals surface area contributed by atoms with Crippen LogP contribution in [0.1, 0.15) is 31.4 Å². The number of methoxy groups -OCH3 is 1. The molecule has 2 aliphatic heterocycles. The standard InChI is InChI=1S/C23H25Cl3N4O2/c1-14-21(23(31)28-29-11-3-4-18(29)13-32-2)27-30(20-10-9-17(25)12-19(20)26)22(14)15-5-7-16(24)8-6-15/h5-10,12,14,18,22H,3-4,11,13H2,1-2H3,(H,28,31). The van der Waals surface area contributed by atoms with E-state index in [0.29, 0.717) is 33.1 Å². The number of rotatable bonds is 6. The summed E-state index contributed by atoms with van der Waals surface area (Å²) in [6.07, 6.45) is 1.99. The summed E-state index contributed by atoms with van der Waals surface area (Å²) in [5.41, 5.74) is 5.16. The SMILES string of the molecule is COCC1CCCN1NC(=O)C1=NN(c2ccc(Cl)cc2Cl)C(c2ccc(Cl)cc2)C1C. The number of hydrazine groups is 1. The van der Waals surface area contributed by atoms with Crippen LogP contribution in [0.25, 0.3) is 0 Å². The fraction of sp³-hybridized carbons (Fsp3) is 0.391. The Bertz CT molecular complexity index is 1010. The minimum absolute atomic E-state index is 0.162. The maximum absolute atomic E-state index is 13.3. The van der Waals surface area contributed by atoms with Gasteiger partial charge in [0.25, 0.3) is 5.91 Å². The Morgan fingerprint density at radius 1 is 1.16 bits per heavy atom. The molecule has 2 aliphatic rings. The highest BCUT2D eigenvalue weighted by Gasteiger charge is 2.41. The molecule has 1 saturated heterocycles. The molecule has 0 aliphatic carbocycles. The van der Waals surface area contributed by atoms with Crippen molar-refractivity contribution in [3.05, 3.63) is 63.1 Å². The van der Waals surface area contributed by atoms with Gasteiger partial charge in [0.15, 0.2) is 0 Å². The van der Waals surface area contributed by atoms with Crippen LogP contribution in [0, 0.1) is 5.92 Å². The molecule has 6 nitrogen and oxygen atoms in total. The number of benzene rings is 2. The second-order valence-corrected chi connectivity index (χ2v) is 9.38. The first kappa shape index (κ1) is 23.3. The monoisotopic (exact) mass is 494 g/mol. The Morgan fingerprint density at radius 2 is 1.88 bits per heavy atom. The van der Waals surface area contributed by atoms with Gasteiger partial charge in [-0.1, -0.05) is 53.9 Å². The van der Waals surface area contributed by atoms with E-state index in [1.54, 1.807) is 24.3 Å². The largest absolute Gasteiger partial charge is 0.383 e. The van der Waals surface area contributed by atoms with Crippen LogP contribution in [0.3, 0.4) is 0 Å². The topological polar surface area (TPSA) is 57.2 Å². The molecular weight excluding hydrogens is 471 g/mol. The molecule has 2 aromatic rings. The average molecular weight is 496 g/mol. The van der Waals surface area contributed by atoms with Gasteiger partial charge in [0, 0.05) is 29.6 Å². The summed E-state index contributed by atoms with van der Waals surface area (Å²) in [4.78, 5) is 13.3. The highest BCUT2D eigenvalue weighted by Crippen LogP contribution is 2.42. The Balaban J connectivity index is 1.66. The summed E-state index contributed by atoms with van der Waals surface area (Å²) in [6, 6.07) is 12.8. The van der Waals surface area contributed by atoms with E-state index in [1.807, 2.05) is 42.3 Å². The third kappa shape index (κ3) is 4.75. The first-order valence-corrected chi connectivity index (χ1v) is 11.7. The second kappa shape index (κ2) is 9.98. The molecule has 9 heteroatoms. The van der Waals surface area contributed by atoms with Crippen LogP contribution in [-0.2, 0) is 9.53 Å². The lowest BCUT2D eigenvalue weighted by molar-refractivity contribution is -0.120. The molecule has 3 unspecified atom stereocenters. The van der Waals surface area contributed by atoms with E-state index in [0.717, 1.165) is 24.9 Å². The highest BCUT2D eigenvalue weighted by molar-refractivity contribution is 6.41. The molecule has 2 heterocycles. The number of hydrogen-bond acceptors (Lipinski definition) is 5. The predicted molar refractivity (Wildman–Crippen MR) is 129 cm³/mol. The average Bonchev–Trinajstić information content (AvgIpc) is 3.33. The minimum Gasteiger partial charge on any atom is -0.383 e. The first-order valence-electron chi connectivity index (χ1n) is 10.5. The maximum atomic E-state index is 13.3. The summed E-state index contributed by atoms with van der Waals surface area (Å²) in [7, 11) is 1.67. The Morgan fingerprint density at radius 3 is 2.56 bits per heavy atom. The molecule has 0 aromatic heterocycles. The van der Waals surface area contributed by atoms with Crippen LogP contribution in [0.2, 0.25) is 15.1 Å². The van der Waals surface area contributed by atoms with E-state index >= 15 is 0 Å². The van der Waals surface area contributed by atoms with Gasteiger partial charge in [-0.2, -0.15) is 5.10 Å². The Labute approximate surface area is 203 Å². The van der Waals surface area contributed by atoms with Gasteiger partial charge in [-0.25, -0.2) is 5.01 Å². The molecule has 32 heavy (non-hydrogen) atoms. The number of halogens is 3. The molecule has 0 bridgehead atoms. The zero-order chi connectivity index (χ0) is 22.8. The number of hydrogen-bond donors (Lipinski definition) is 1. The van der Waals surface area contributed by atoms with Crippen molar-refractivity contribution >= 4 is 52.1 Å². The quantitative estimate of drug-likeness (QED) is 0.587. The fourth-order valence-corrected chi connectivity index (χ4v) is 5.00. The van der Waals surface area contributed by atoms with Gasteiger partial charge in [-0.3, -0.25) is 15.2 Å². The molecule has 170 valence electrons. The highest BCUT2D eigenvalue weighted by atomic mass is 35.5. The van der Waals surface area contributed by atoms with Gasteiger partial charge in [-0.05, 0) is 48.7 Å². The number of ether oxygens (including phenoxy) is 1. The lowest BCUT2D eigenvalue weighted by atomic mass is 9.91. The predicted octanol–water partition coefficient (Wildman–Crippen LogP) is 5.34. The van der Waals surface area contributed by atoms with Gasteiger partial charge in [0.05, 0.1) is 29.4 Å². The molecular formula is C23H25Cl3N4O2. The fourth-order valence-electron chi connectivity index (χ4n) is 4.38. The molecule has 1 amide bonds. The summed E-state index contributed by atoms with van der Waals surface area (Å²) < 4.78 is 5.30. The second-order valence-electron chi connectivity index (χ2n) is 8.10. The van der Waals surface area contributed by atoms with Crippen LogP contribution in [0.15, 0.2) is 47.6 Å². The molecule has 3 atom stereocenters. The lowest BCUT2D eigenvalue weighted by Gasteiger charge is -2.28. The summed E-state index contributed by atoms with van der Waals surface area (Å²) in [6.45, 7) is 3.36. The van der Waals surface area contributed by atoms with Crippen molar-refractivity contribution in [2.45, 2.75) is 31.8 Å². The van der Waals surface area contributed by atoms with Gasteiger partial charge in [-0.15, -0.1) is 0 Å². The Kier molecular flexibility index (Phi) is 7.27. The smallest absolute Gasteiger partial charge is 0.282 e. The number of carbonyl (C=O) groups excluding carboxylic acids is 1. The summed E-state index contributed by atoms with van der Waals surface area (Å²) in [5, 5.41) is 10.1. The van der Waals surface area contributed by atoms with Gasteiger partial charge < -0.3 is 4.74 Å². The lowest BCUT2D eigenvalue weighted by Crippen LogP contribution is -2.49. The van der Waals surface area contributed by atoms with Crippen LogP contribution < -0.4 is 10.4 Å². The molecule has 0 saturated carbocycles. The van der Waals surface area contributed by atoms with E-state index < -0.39 is 0 Å². The molecule has 4 rings (SSSR count). The van der Waals surface area contributed by atoms with Crippen LogP contribution in [-0.4, -0.2) is 42.9 Å². The van der Waals surface area contributed by atoms with E-state index in [9.17, 15) is 4.79 Å². The van der Waals surface area contributed by atoms with Crippen molar-refractivity contribution in [2.24, 2.45) is 11.0 Å². The van der Waals surface area contributed by atoms with Crippen molar-refractivity contribution in [2.75, 3.05) is 25.3 Å². The van der Waals surface area contributed by atoms with Crippen LogP contribution in [0.5, 0.6) is 0 Å². The number of carbonyl (C=O) groups is 1. The Hall–Kier alpha value is -1.83. The zero-order valence-corrected chi connectivity index (χ0v) is 20.2. The van der Waals surface area contributed by atoms with E-state index in [2.05, 4.69) is 5.43 Å². The number of anilines is 1. The van der Waals surface area contributed by atoms with E-state index in [-0.39, 0.29) is 23.9 Å². The van der Waals surface area contributed by atoms with Crippen LogP contribution in [0.4, 0.5) is 5.69 Å². The third-order valence-corrected chi connectivity index (χ3v) is 6.76. The van der Waals surface area contributed by atoms with Crippen molar-refractivity contribution in [1.29, 1.82) is 0 Å². The third-order valence-electron chi connectivity index (χ3n) is 5.97. The molecule has 1 N–H and O–H groups in total. The van der Waals surface area contributed by atoms with Crippen molar-refractivity contribution in [1.82, 2.24) is 10.4 Å². The van der Waals surface area contributed by atoms with Crippen molar-refractivity contribution < 1.29 is 9.53 Å². The van der Waals surface area contributed by atoms with Crippen LogP contribution >= 0.6 is 34.8 Å². The number of hydrazone groups is 1. The van der Waals surface area contributed by atoms with Gasteiger partial charge >= 0.3 is 0 Å². The minimum atomic E-state index is -0.222. The van der Waals surface area contributed by atoms with E-state index in [4.69, 9.17) is 44.6 Å². The maximum Gasteiger partial charge on any atom is 0.282 e. The summed E-state index contributed by atoms with van der Waals surface area (Å²) in [5.74, 6) is -0.404. The molecule has 0 spiro atoms. The van der Waals surface area contributed by atoms with Crippen molar-refractivity contribution in [3.63, 3.8) is 0 Å². The summed E-state index contributed by atoms with van der Waals surface area (Å²) >= 11 is 18.7. The molecule has 2 aromatic carbocycles. The normalized spacial score (nSPS) is 23.5. The van der Waals surface area contributed by atoms with Gasteiger partial charge in [0.2, 0.25) is 0 Å². The molecule has 0 radical (unpaired) electrons. The first-order chi connectivity index (χ1) is 15.4. The number of nitrogens with zero attached hydrogens (tertiary/aromatic N) is 3. The number of amides is 1. The zero-order valence-electron chi connectivity index (χ0n) is 17.9. The van der Waals surface area contributed by atoms with Gasteiger partial charge in [0.1, 0.15) is 5.71 Å².